The van der Waals surface area contributed by atoms with Gasteiger partial charge in [0.1, 0.15) is 5.70 Å². The molecule has 0 aromatic heterocycles. The molecule has 2 aromatic carbocycles. The summed E-state index contributed by atoms with van der Waals surface area (Å²) in [7, 11) is 0. The van der Waals surface area contributed by atoms with Gasteiger partial charge in [0.25, 0.3) is 5.91 Å². The normalized spacial score (nSPS) is 13.1. The predicted octanol–water partition coefficient (Wildman–Crippen LogP) is 2.13. The first-order valence-electron chi connectivity index (χ1n) is 9.68. The lowest BCUT2D eigenvalue weighted by Crippen LogP contribution is -2.49. The Morgan fingerprint density at radius 1 is 0.906 bits per heavy atom. The molecule has 9 heteroatoms. The van der Waals surface area contributed by atoms with Gasteiger partial charge in [-0.2, -0.15) is 0 Å². The van der Waals surface area contributed by atoms with E-state index in [1.165, 1.54) is 54.8 Å². The summed E-state index contributed by atoms with van der Waals surface area (Å²) in [4.78, 5) is 25.3. The molecule has 8 N–H and O–H groups in total. The van der Waals surface area contributed by atoms with Crippen LogP contribution in [0.1, 0.15) is 31.9 Å². The zero-order valence-electron chi connectivity index (χ0n) is 18.0. The Morgan fingerprint density at radius 2 is 1.44 bits per heavy atom. The van der Waals surface area contributed by atoms with E-state index in [0.29, 0.717) is 11.1 Å². The molecule has 0 aliphatic rings. The van der Waals surface area contributed by atoms with Crippen molar-refractivity contribution >= 4 is 24.0 Å². The maximum absolute atomic E-state index is 12.7. The summed E-state index contributed by atoms with van der Waals surface area (Å²) in [6.45, 7) is 5.36. The Balaban J connectivity index is 2.27. The number of nitrogens with one attached hydrogen (secondary N) is 2. The standard InChI is InChI=1S/C23H27N3O6/c1-23(2,3)20(24)22(32)26-15(10-14-5-7-17(28)19(30)12-14)21(31)25-9-8-13-4-6-16(27)18(29)11-13/h4-12,20,27-30H,24H2,1-3H3,(H,25,31)(H,26,32)/b9-8+,15-10-/t20-/m1/s1. The van der Waals surface area contributed by atoms with Crippen molar-refractivity contribution in [3.8, 4) is 23.0 Å². The van der Waals surface area contributed by atoms with Crippen molar-refractivity contribution in [3.05, 3.63) is 59.4 Å². The Hall–Kier alpha value is -3.98. The lowest BCUT2D eigenvalue weighted by molar-refractivity contribution is -0.126. The first-order valence-corrected chi connectivity index (χ1v) is 9.68. The molecule has 0 aliphatic carbocycles. The van der Waals surface area contributed by atoms with Gasteiger partial charge in [-0.15, -0.1) is 0 Å². The van der Waals surface area contributed by atoms with Gasteiger partial charge in [0.2, 0.25) is 5.91 Å². The van der Waals surface area contributed by atoms with E-state index in [1.54, 1.807) is 20.8 Å². The fourth-order valence-electron chi connectivity index (χ4n) is 2.49. The first-order chi connectivity index (χ1) is 14.9. The Labute approximate surface area is 185 Å². The number of hydrogen-bond donors (Lipinski definition) is 7. The number of amides is 2. The lowest BCUT2D eigenvalue weighted by atomic mass is 9.87. The lowest BCUT2D eigenvalue weighted by Gasteiger charge is -2.26. The quantitative estimate of drug-likeness (QED) is 0.266. The van der Waals surface area contributed by atoms with E-state index in [-0.39, 0.29) is 28.7 Å². The number of aromatic hydroxyl groups is 4. The summed E-state index contributed by atoms with van der Waals surface area (Å²) >= 11 is 0. The average Bonchev–Trinajstić information content (AvgIpc) is 2.71. The van der Waals surface area contributed by atoms with Gasteiger partial charge < -0.3 is 36.8 Å². The van der Waals surface area contributed by atoms with Gasteiger partial charge in [-0.25, -0.2) is 0 Å². The molecule has 170 valence electrons. The minimum atomic E-state index is -0.901. The number of carbonyl (C=O) groups excluding carboxylic acids is 2. The van der Waals surface area contributed by atoms with Gasteiger partial charge in [-0.3, -0.25) is 9.59 Å². The Kier molecular flexibility index (Phi) is 7.50. The van der Waals surface area contributed by atoms with E-state index in [4.69, 9.17) is 5.73 Å². The summed E-state index contributed by atoms with van der Waals surface area (Å²) in [5.74, 6) is -2.54. The molecule has 2 amide bonds. The van der Waals surface area contributed by atoms with Crippen LogP contribution in [0.3, 0.4) is 0 Å². The Morgan fingerprint density at radius 3 is 1.97 bits per heavy atom. The van der Waals surface area contributed by atoms with E-state index in [2.05, 4.69) is 10.6 Å². The minimum absolute atomic E-state index is 0.141. The van der Waals surface area contributed by atoms with Crippen molar-refractivity contribution in [2.24, 2.45) is 11.1 Å². The van der Waals surface area contributed by atoms with Gasteiger partial charge in [0.05, 0.1) is 6.04 Å². The highest BCUT2D eigenvalue weighted by molar-refractivity contribution is 6.02. The molecule has 1 atom stereocenters. The maximum atomic E-state index is 12.7. The molecule has 2 rings (SSSR count). The van der Waals surface area contributed by atoms with Gasteiger partial charge in [0, 0.05) is 6.20 Å². The van der Waals surface area contributed by atoms with Gasteiger partial charge in [0.15, 0.2) is 23.0 Å². The van der Waals surface area contributed by atoms with E-state index in [1.807, 2.05) is 0 Å². The number of carbonyl (C=O) groups is 2. The molecule has 0 radical (unpaired) electrons. The average molecular weight is 441 g/mol. The van der Waals surface area contributed by atoms with Crippen molar-refractivity contribution in [2.75, 3.05) is 0 Å². The fourth-order valence-corrected chi connectivity index (χ4v) is 2.49. The van der Waals surface area contributed by atoms with Crippen molar-refractivity contribution in [1.29, 1.82) is 0 Å². The van der Waals surface area contributed by atoms with E-state index in [9.17, 15) is 30.0 Å². The monoisotopic (exact) mass is 441 g/mol. The summed E-state index contributed by atoms with van der Waals surface area (Å²) in [5, 5.41) is 43.1. The molecule has 0 aliphatic heterocycles. The minimum Gasteiger partial charge on any atom is -0.504 e. The molecule has 32 heavy (non-hydrogen) atoms. The zero-order chi connectivity index (χ0) is 24.1. The fraction of sp³-hybridized carbons (Fsp3) is 0.217. The third-order valence-corrected chi connectivity index (χ3v) is 4.52. The summed E-state index contributed by atoms with van der Waals surface area (Å²) < 4.78 is 0. The molecule has 2 aromatic rings. The highest BCUT2D eigenvalue weighted by atomic mass is 16.3. The zero-order valence-corrected chi connectivity index (χ0v) is 18.0. The molecule has 0 saturated heterocycles. The topological polar surface area (TPSA) is 165 Å². The maximum Gasteiger partial charge on any atom is 0.271 e. The largest absolute Gasteiger partial charge is 0.504 e. The molecular formula is C23H27N3O6. The molecule has 0 fully saturated rings. The second kappa shape index (κ2) is 9.88. The molecule has 9 nitrogen and oxygen atoms in total. The van der Waals surface area contributed by atoms with Crippen LogP contribution in [0.5, 0.6) is 23.0 Å². The van der Waals surface area contributed by atoms with Crippen LogP contribution in [-0.4, -0.2) is 38.3 Å². The molecule has 0 bridgehead atoms. The number of hydrogen-bond acceptors (Lipinski definition) is 7. The van der Waals surface area contributed by atoms with Crippen molar-refractivity contribution < 1.29 is 30.0 Å². The highest BCUT2D eigenvalue weighted by Crippen LogP contribution is 2.26. The van der Waals surface area contributed by atoms with Crippen molar-refractivity contribution in [1.82, 2.24) is 10.6 Å². The van der Waals surface area contributed by atoms with Crippen LogP contribution < -0.4 is 16.4 Å². The Bertz CT molecular complexity index is 1070. The number of rotatable bonds is 6. The van der Waals surface area contributed by atoms with Crippen LogP contribution in [0.4, 0.5) is 0 Å². The number of nitrogens with two attached hydrogens (primary N) is 1. The van der Waals surface area contributed by atoms with Crippen LogP contribution in [-0.2, 0) is 9.59 Å². The second-order valence-corrected chi connectivity index (χ2v) is 8.19. The van der Waals surface area contributed by atoms with Crippen LogP contribution in [0.2, 0.25) is 0 Å². The number of phenols is 4. The van der Waals surface area contributed by atoms with Crippen LogP contribution in [0.25, 0.3) is 12.2 Å². The third-order valence-electron chi connectivity index (χ3n) is 4.52. The molecule has 0 spiro atoms. The van der Waals surface area contributed by atoms with E-state index in [0.717, 1.165) is 0 Å². The van der Waals surface area contributed by atoms with Crippen molar-refractivity contribution in [2.45, 2.75) is 26.8 Å². The number of benzene rings is 2. The first kappa shape index (κ1) is 24.3. The van der Waals surface area contributed by atoms with Crippen LogP contribution in [0.15, 0.2) is 48.3 Å². The van der Waals surface area contributed by atoms with Crippen molar-refractivity contribution in [3.63, 3.8) is 0 Å². The van der Waals surface area contributed by atoms with E-state index < -0.39 is 23.3 Å². The predicted molar refractivity (Wildman–Crippen MR) is 120 cm³/mol. The van der Waals surface area contributed by atoms with Crippen LogP contribution in [0, 0.1) is 5.41 Å². The summed E-state index contributed by atoms with van der Waals surface area (Å²) in [6.07, 6.45) is 4.10. The smallest absolute Gasteiger partial charge is 0.271 e. The van der Waals surface area contributed by atoms with Gasteiger partial charge in [-0.1, -0.05) is 32.9 Å². The summed E-state index contributed by atoms with van der Waals surface area (Å²) in [5.41, 5.74) is 6.14. The summed E-state index contributed by atoms with van der Waals surface area (Å²) in [6, 6.07) is 7.16. The molecule has 0 unspecified atom stereocenters. The SMILES string of the molecule is CC(C)(C)[C@H](N)C(=O)N/C(=C\c1ccc(O)c(O)c1)C(=O)N/C=C/c1ccc(O)c(O)c1. The molecule has 0 saturated carbocycles. The highest BCUT2D eigenvalue weighted by Gasteiger charge is 2.28. The van der Waals surface area contributed by atoms with Gasteiger partial charge in [-0.05, 0) is 53.0 Å². The third kappa shape index (κ3) is 6.51. The second-order valence-electron chi connectivity index (χ2n) is 8.19. The molecule has 0 heterocycles. The van der Waals surface area contributed by atoms with E-state index >= 15 is 0 Å². The van der Waals surface area contributed by atoms with Crippen LogP contribution >= 0.6 is 0 Å². The van der Waals surface area contributed by atoms with Gasteiger partial charge >= 0.3 is 0 Å². The molecular weight excluding hydrogens is 414 g/mol. The number of phenolic OH excluding ortho intramolecular Hbond substituents is 4.